The van der Waals surface area contributed by atoms with Crippen LogP contribution in [0.4, 0.5) is 0 Å². The van der Waals surface area contributed by atoms with Crippen molar-refractivity contribution in [1.29, 1.82) is 0 Å². The summed E-state index contributed by atoms with van der Waals surface area (Å²) in [6.45, 7) is 4.62. The van der Waals surface area contributed by atoms with Gasteiger partial charge in [0.05, 0.1) is 0 Å². The van der Waals surface area contributed by atoms with Gasteiger partial charge in [0.15, 0.2) is 5.82 Å². The van der Waals surface area contributed by atoms with Crippen LogP contribution in [0.25, 0.3) is 11.4 Å². The van der Waals surface area contributed by atoms with Gasteiger partial charge in [0.2, 0.25) is 0 Å². The quantitative estimate of drug-likeness (QED) is 0.369. The Kier molecular flexibility index (Phi) is 8.77. The Morgan fingerprint density at radius 1 is 0.625 bits per heavy atom. The maximum absolute atomic E-state index is 4.77. The normalized spacial score (nSPS) is 26.2. The van der Waals surface area contributed by atoms with Crippen LogP contribution in [0.3, 0.4) is 0 Å². The molecule has 0 atom stereocenters. The molecule has 2 fully saturated rings. The van der Waals surface area contributed by atoms with E-state index in [-0.39, 0.29) is 0 Å². The van der Waals surface area contributed by atoms with E-state index in [1.165, 1.54) is 101 Å². The minimum absolute atomic E-state index is 0.664. The average Bonchev–Trinajstić information content (AvgIpc) is 2.86. The third-order valence-corrected chi connectivity index (χ3v) is 8.39. The largest absolute Gasteiger partial charge is 0.236 e. The molecule has 0 spiro atoms. The van der Waals surface area contributed by atoms with Crippen LogP contribution in [-0.4, -0.2) is 9.97 Å². The van der Waals surface area contributed by atoms with E-state index in [0.717, 1.165) is 29.1 Å². The molecule has 2 nitrogen and oxygen atoms in total. The van der Waals surface area contributed by atoms with Gasteiger partial charge in [0, 0.05) is 18.0 Å². The zero-order chi connectivity index (χ0) is 22.2. The van der Waals surface area contributed by atoms with Crippen molar-refractivity contribution in [3.63, 3.8) is 0 Å². The van der Waals surface area contributed by atoms with Crippen molar-refractivity contribution < 1.29 is 0 Å². The van der Waals surface area contributed by atoms with Crippen molar-refractivity contribution in [3.8, 4) is 11.4 Å². The van der Waals surface area contributed by atoms with Crippen molar-refractivity contribution in [2.75, 3.05) is 0 Å². The van der Waals surface area contributed by atoms with Gasteiger partial charge in [-0.1, -0.05) is 76.6 Å². The van der Waals surface area contributed by atoms with E-state index in [9.17, 15) is 0 Å². The summed E-state index contributed by atoms with van der Waals surface area (Å²) in [6.07, 6.45) is 23.5. The van der Waals surface area contributed by atoms with Crippen molar-refractivity contribution in [2.45, 2.75) is 116 Å². The molecule has 2 aliphatic carbocycles. The van der Waals surface area contributed by atoms with E-state index in [4.69, 9.17) is 9.97 Å². The molecule has 4 rings (SSSR count). The lowest BCUT2D eigenvalue weighted by molar-refractivity contribution is 0.302. The number of nitrogens with zero attached hydrogens (tertiary/aromatic N) is 2. The first-order valence-electron chi connectivity index (χ1n) is 13.7. The first-order valence-corrected chi connectivity index (χ1v) is 13.7. The molecular weight excluding hydrogens is 388 g/mol. The molecule has 0 amide bonds. The SMILES string of the molecule is CCCCCC1CCC(c2cnc(-c3ccc(C4CCC(CCC)CC4)cc3)nc2)CC1. The zero-order valence-electron chi connectivity index (χ0n) is 20.6. The molecule has 0 saturated heterocycles. The minimum Gasteiger partial charge on any atom is -0.236 e. The highest BCUT2D eigenvalue weighted by molar-refractivity contribution is 5.55. The highest BCUT2D eigenvalue weighted by Crippen LogP contribution is 2.39. The second-order valence-corrected chi connectivity index (χ2v) is 10.7. The standard InChI is InChI=1S/C30H44N2/c1-3-5-6-8-24-11-15-27(16-12-24)29-21-31-30(32-22-29)28-19-17-26(18-20-28)25-13-9-23(7-4-2)10-14-25/h17-25,27H,3-16H2,1-2H3. The summed E-state index contributed by atoms with van der Waals surface area (Å²) in [5.41, 5.74) is 4.01. The average molecular weight is 433 g/mol. The predicted octanol–water partition coefficient (Wildman–Crippen LogP) is 9.07. The first kappa shape index (κ1) is 23.5. The molecule has 1 aromatic heterocycles. The van der Waals surface area contributed by atoms with E-state index in [1.807, 2.05) is 0 Å². The monoisotopic (exact) mass is 432 g/mol. The summed E-state index contributed by atoms with van der Waals surface area (Å²) >= 11 is 0. The number of aromatic nitrogens is 2. The lowest BCUT2D eigenvalue weighted by atomic mass is 9.77. The molecule has 0 bridgehead atoms. The molecule has 0 N–H and O–H groups in total. The molecule has 0 radical (unpaired) electrons. The summed E-state index contributed by atoms with van der Waals surface area (Å²) in [5, 5.41) is 0. The molecular formula is C30H44N2. The maximum Gasteiger partial charge on any atom is 0.159 e. The van der Waals surface area contributed by atoms with Crippen molar-refractivity contribution in [3.05, 3.63) is 47.8 Å². The fourth-order valence-corrected chi connectivity index (χ4v) is 6.26. The Balaban J connectivity index is 1.29. The van der Waals surface area contributed by atoms with Crippen LogP contribution in [0.1, 0.15) is 127 Å². The second kappa shape index (κ2) is 12.0. The highest BCUT2D eigenvalue weighted by atomic mass is 14.9. The second-order valence-electron chi connectivity index (χ2n) is 10.7. The Hall–Kier alpha value is -1.70. The molecule has 2 aliphatic rings. The summed E-state index contributed by atoms with van der Waals surface area (Å²) in [6, 6.07) is 9.14. The smallest absolute Gasteiger partial charge is 0.159 e. The third kappa shape index (κ3) is 6.21. The Morgan fingerprint density at radius 3 is 1.75 bits per heavy atom. The number of benzene rings is 1. The fraction of sp³-hybridized carbons (Fsp3) is 0.667. The van der Waals surface area contributed by atoms with Crippen LogP contribution < -0.4 is 0 Å². The lowest BCUT2D eigenvalue weighted by Gasteiger charge is -2.28. The summed E-state index contributed by atoms with van der Waals surface area (Å²) < 4.78 is 0. The predicted molar refractivity (Wildman–Crippen MR) is 136 cm³/mol. The molecule has 2 saturated carbocycles. The van der Waals surface area contributed by atoms with Gasteiger partial charge < -0.3 is 0 Å². The van der Waals surface area contributed by atoms with Crippen LogP contribution in [0.15, 0.2) is 36.7 Å². The summed E-state index contributed by atoms with van der Waals surface area (Å²) in [5.74, 6) is 4.21. The maximum atomic E-state index is 4.77. The Bertz CT molecular complexity index is 779. The number of hydrogen-bond acceptors (Lipinski definition) is 2. The van der Waals surface area contributed by atoms with Crippen LogP contribution in [0.5, 0.6) is 0 Å². The van der Waals surface area contributed by atoms with E-state index >= 15 is 0 Å². The van der Waals surface area contributed by atoms with Gasteiger partial charge in [0.1, 0.15) is 0 Å². The van der Waals surface area contributed by atoms with Crippen LogP contribution >= 0.6 is 0 Å². The molecule has 1 aromatic carbocycles. The zero-order valence-corrected chi connectivity index (χ0v) is 20.6. The molecule has 2 heteroatoms. The molecule has 32 heavy (non-hydrogen) atoms. The topological polar surface area (TPSA) is 25.8 Å². The van der Waals surface area contributed by atoms with Crippen LogP contribution in [0.2, 0.25) is 0 Å². The Morgan fingerprint density at radius 2 is 1.19 bits per heavy atom. The van der Waals surface area contributed by atoms with Gasteiger partial charge in [-0.3, -0.25) is 0 Å². The van der Waals surface area contributed by atoms with E-state index in [0.29, 0.717) is 5.92 Å². The highest BCUT2D eigenvalue weighted by Gasteiger charge is 2.23. The lowest BCUT2D eigenvalue weighted by Crippen LogP contribution is -2.14. The summed E-state index contributed by atoms with van der Waals surface area (Å²) in [7, 11) is 0. The van der Waals surface area contributed by atoms with Gasteiger partial charge in [-0.05, 0) is 86.2 Å². The van der Waals surface area contributed by atoms with E-state index in [1.54, 1.807) is 0 Å². The van der Waals surface area contributed by atoms with Crippen molar-refractivity contribution in [1.82, 2.24) is 9.97 Å². The van der Waals surface area contributed by atoms with Crippen LogP contribution in [0, 0.1) is 11.8 Å². The third-order valence-electron chi connectivity index (χ3n) is 8.39. The first-order chi connectivity index (χ1) is 15.8. The Labute approximate surface area is 196 Å². The molecule has 0 unspecified atom stereocenters. The van der Waals surface area contributed by atoms with Gasteiger partial charge in [-0.2, -0.15) is 0 Å². The van der Waals surface area contributed by atoms with Gasteiger partial charge in [-0.15, -0.1) is 0 Å². The number of unbranched alkanes of at least 4 members (excludes halogenated alkanes) is 2. The molecule has 2 aromatic rings. The van der Waals surface area contributed by atoms with E-state index in [2.05, 4.69) is 50.5 Å². The van der Waals surface area contributed by atoms with E-state index < -0.39 is 0 Å². The molecule has 174 valence electrons. The van der Waals surface area contributed by atoms with Gasteiger partial charge in [-0.25, -0.2) is 9.97 Å². The molecule has 0 aliphatic heterocycles. The van der Waals surface area contributed by atoms with Crippen molar-refractivity contribution >= 4 is 0 Å². The number of rotatable bonds is 9. The van der Waals surface area contributed by atoms with Crippen LogP contribution in [-0.2, 0) is 0 Å². The van der Waals surface area contributed by atoms with Gasteiger partial charge in [0.25, 0.3) is 0 Å². The van der Waals surface area contributed by atoms with Gasteiger partial charge >= 0.3 is 0 Å². The summed E-state index contributed by atoms with van der Waals surface area (Å²) in [4.78, 5) is 9.53. The van der Waals surface area contributed by atoms with Crippen molar-refractivity contribution in [2.24, 2.45) is 11.8 Å². The fourth-order valence-electron chi connectivity index (χ4n) is 6.26. The minimum atomic E-state index is 0.664. The molecule has 1 heterocycles. The number of hydrogen-bond donors (Lipinski definition) is 0.